The number of hydrogen-bond donors (Lipinski definition) is 3. The minimum Gasteiger partial charge on any atom is -0.467 e. The summed E-state index contributed by atoms with van der Waals surface area (Å²) in [4.78, 5) is 24.2. The Labute approximate surface area is 146 Å². The molecule has 1 amide bonds. The lowest BCUT2D eigenvalue weighted by Gasteiger charge is -2.27. The van der Waals surface area contributed by atoms with Gasteiger partial charge in [-0.25, -0.2) is 4.79 Å². The number of anilines is 1. The molecule has 25 heavy (non-hydrogen) atoms. The highest BCUT2D eigenvalue weighted by Crippen LogP contribution is 2.21. The number of carbonyl (C=O) groups is 2. The Morgan fingerprint density at radius 3 is 1.96 bits per heavy atom. The van der Waals surface area contributed by atoms with Gasteiger partial charge in [-0.3, -0.25) is 4.79 Å². The van der Waals surface area contributed by atoms with Crippen molar-refractivity contribution in [3.8, 4) is 11.1 Å². The maximum absolute atomic E-state index is 12.4. The van der Waals surface area contributed by atoms with Crippen LogP contribution in [0.5, 0.6) is 0 Å². The first-order chi connectivity index (χ1) is 11.7. The minimum atomic E-state index is -1.45. The molecule has 0 saturated heterocycles. The third-order valence-electron chi connectivity index (χ3n) is 3.81. The molecular weight excluding hydrogens is 320 g/mol. The Morgan fingerprint density at radius 2 is 1.52 bits per heavy atom. The van der Waals surface area contributed by atoms with Crippen LogP contribution < -0.4 is 11.1 Å². The summed E-state index contributed by atoms with van der Waals surface area (Å²) in [7, 11) is 1.20. The summed E-state index contributed by atoms with van der Waals surface area (Å²) in [6, 6.07) is 13.1. The van der Waals surface area contributed by atoms with Crippen LogP contribution in [0.15, 0.2) is 48.5 Å². The van der Waals surface area contributed by atoms with E-state index < -0.39 is 23.5 Å². The number of nitrogen functional groups attached to an aromatic ring is 1. The highest BCUT2D eigenvalue weighted by molar-refractivity contribution is 5.97. The summed E-state index contributed by atoms with van der Waals surface area (Å²) < 4.78 is 4.64. The van der Waals surface area contributed by atoms with Gasteiger partial charge in [0.2, 0.25) is 0 Å². The lowest BCUT2D eigenvalue weighted by Crippen LogP contribution is -2.54. The molecular formula is C19H22N2O4. The normalized spacial score (nSPS) is 12.3. The fourth-order valence-electron chi connectivity index (χ4n) is 2.35. The third kappa shape index (κ3) is 4.58. The van der Waals surface area contributed by atoms with Gasteiger partial charge in [0.05, 0.1) is 12.7 Å². The molecule has 0 aliphatic heterocycles. The van der Waals surface area contributed by atoms with Gasteiger partial charge >= 0.3 is 5.97 Å². The molecule has 2 rings (SSSR count). The fraction of sp³-hybridized carbons (Fsp3) is 0.263. The predicted octanol–water partition coefficient (Wildman–Crippen LogP) is 1.98. The third-order valence-corrected chi connectivity index (χ3v) is 3.81. The summed E-state index contributed by atoms with van der Waals surface area (Å²) in [5.41, 5.74) is 7.19. The van der Waals surface area contributed by atoms with Crippen LogP contribution in [0.3, 0.4) is 0 Å². The second kappa shape index (κ2) is 7.36. The maximum Gasteiger partial charge on any atom is 0.331 e. The average Bonchev–Trinajstić information content (AvgIpc) is 2.58. The zero-order chi connectivity index (χ0) is 18.6. The number of amides is 1. The van der Waals surface area contributed by atoms with E-state index in [0.717, 1.165) is 11.1 Å². The summed E-state index contributed by atoms with van der Waals surface area (Å²) in [6.45, 7) is 2.86. The number of aliphatic hydroxyl groups is 1. The van der Waals surface area contributed by atoms with E-state index in [1.165, 1.54) is 21.0 Å². The van der Waals surface area contributed by atoms with Gasteiger partial charge in [0.25, 0.3) is 5.91 Å². The molecule has 0 heterocycles. The standard InChI is InChI=1S/C19H22N2O4/c1-19(2,24)16(18(23)25-3)21-17(22)14-6-4-12(5-7-14)13-8-10-15(20)11-9-13/h4-11,16,24H,20H2,1-3H3,(H,21,22)/t16-/m1/s1. The molecule has 0 aliphatic rings. The maximum atomic E-state index is 12.4. The van der Waals surface area contributed by atoms with Crippen LogP contribution in [-0.4, -0.2) is 35.7 Å². The van der Waals surface area contributed by atoms with Crippen molar-refractivity contribution < 1.29 is 19.4 Å². The fourth-order valence-corrected chi connectivity index (χ4v) is 2.35. The largest absolute Gasteiger partial charge is 0.467 e. The molecule has 0 unspecified atom stereocenters. The minimum absolute atomic E-state index is 0.373. The quantitative estimate of drug-likeness (QED) is 0.570. The topological polar surface area (TPSA) is 102 Å². The van der Waals surface area contributed by atoms with E-state index in [9.17, 15) is 14.7 Å². The first-order valence-electron chi connectivity index (χ1n) is 7.79. The van der Waals surface area contributed by atoms with Crippen molar-refractivity contribution in [2.75, 3.05) is 12.8 Å². The van der Waals surface area contributed by atoms with Gasteiger partial charge < -0.3 is 20.9 Å². The zero-order valence-electron chi connectivity index (χ0n) is 14.4. The highest BCUT2D eigenvalue weighted by atomic mass is 16.5. The summed E-state index contributed by atoms with van der Waals surface area (Å²) in [5, 5.41) is 12.6. The van der Waals surface area contributed by atoms with Crippen LogP contribution in [0.25, 0.3) is 11.1 Å². The SMILES string of the molecule is COC(=O)[C@@H](NC(=O)c1ccc(-c2ccc(N)cc2)cc1)C(C)(C)O. The second-order valence-corrected chi connectivity index (χ2v) is 6.28. The Kier molecular flexibility index (Phi) is 5.44. The van der Waals surface area contributed by atoms with Crippen LogP contribution in [-0.2, 0) is 9.53 Å². The number of nitrogens with one attached hydrogen (secondary N) is 1. The predicted molar refractivity (Wildman–Crippen MR) is 95.9 cm³/mol. The number of hydrogen-bond acceptors (Lipinski definition) is 5. The van der Waals surface area contributed by atoms with Gasteiger partial charge in [0, 0.05) is 11.3 Å². The number of benzene rings is 2. The highest BCUT2D eigenvalue weighted by Gasteiger charge is 2.35. The van der Waals surface area contributed by atoms with E-state index in [0.29, 0.717) is 11.3 Å². The van der Waals surface area contributed by atoms with E-state index >= 15 is 0 Å². The molecule has 0 aliphatic carbocycles. The lowest BCUT2D eigenvalue weighted by molar-refractivity contribution is -0.148. The molecule has 0 aromatic heterocycles. The summed E-state index contributed by atoms with van der Waals surface area (Å²) in [6.07, 6.45) is 0. The van der Waals surface area contributed by atoms with E-state index in [4.69, 9.17) is 5.73 Å². The van der Waals surface area contributed by atoms with Crippen LogP contribution >= 0.6 is 0 Å². The van der Waals surface area contributed by atoms with Crippen molar-refractivity contribution in [3.63, 3.8) is 0 Å². The molecule has 0 saturated carbocycles. The first-order valence-corrected chi connectivity index (χ1v) is 7.79. The molecule has 0 spiro atoms. The molecule has 4 N–H and O–H groups in total. The molecule has 0 fully saturated rings. The summed E-state index contributed by atoms with van der Waals surface area (Å²) in [5.74, 6) is -1.18. The molecule has 2 aromatic rings. The van der Waals surface area contributed by atoms with Crippen molar-refractivity contribution in [1.82, 2.24) is 5.32 Å². The molecule has 2 aromatic carbocycles. The van der Waals surface area contributed by atoms with E-state index in [1.54, 1.807) is 36.4 Å². The van der Waals surface area contributed by atoms with E-state index in [2.05, 4.69) is 10.1 Å². The molecule has 0 bridgehead atoms. The zero-order valence-corrected chi connectivity index (χ0v) is 14.4. The van der Waals surface area contributed by atoms with Crippen LogP contribution in [0.2, 0.25) is 0 Å². The van der Waals surface area contributed by atoms with Crippen molar-refractivity contribution in [2.45, 2.75) is 25.5 Å². The molecule has 1 atom stereocenters. The van der Waals surface area contributed by atoms with Gasteiger partial charge in [-0.2, -0.15) is 0 Å². The second-order valence-electron chi connectivity index (χ2n) is 6.28. The Hall–Kier alpha value is -2.86. The van der Waals surface area contributed by atoms with Crippen molar-refractivity contribution in [2.24, 2.45) is 0 Å². The number of nitrogens with two attached hydrogens (primary N) is 1. The Balaban J connectivity index is 2.17. The number of methoxy groups -OCH3 is 1. The van der Waals surface area contributed by atoms with Crippen molar-refractivity contribution >= 4 is 17.6 Å². The van der Waals surface area contributed by atoms with E-state index in [-0.39, 0.29) is 0 Å². The number of esters is 1. The van der Waals surface area contributed by atoms with Crippen LogP contribution in [0.4, 0.5) is 5.69 Å². The lowest BCUT2D eigenvalue weighted by atomic mass is 9.98. The van der Waals surface area contributed by atoms with Crippen LogP contribution in [0, 0.1) is 0 Å². The average molecular weight is 342 g/mol. The van der Waals surface area contributed by atoms with Gasteiger partial charge in [-0.1, -0.05) is 24.3 Å². The van der Waals surface area contributed by atoms with E-state index in [1.807, 2.05) is 12.1 Å². The van der Waals surface area contributed by atoms with Gasteiger partial charge in [0.1, 0.15) is 0 Å². The van der Waals surface area contributed by atoms with Gasteiger partial charge in [0.15, 0.2) is 6.04 Å². The molecule has 0 radical (unpaired) electrons. The number of ether oxygens (including phenoxy) is 1. The Morgan fingerprint density at radius 1 is 1.04 bits per heavy atom. The molecule has 132 valence electrons. The smallest absolute Gasteiger partial charge is 0.331 e. The van der Waals surface area contributed by atoms with Crippen molar-refractivity contribution in [3.05, 3.63) is 54.1 Å². The Bertz CT molecular complexity index is 746. The molecule has 6 heteroatoms. The van der Waals surface area contributed by atoms with Gasteiger partial charge in [-0.15, -0.1) is 0 Å². The number of rotatable bonds is 5. The van der Waals surface area contributed by atoms with Crippen molar-refractivity contribution in [1.29, 1.82) is 0 Å². The first kappa shape index (κ1) is 18.5. The van der Waals surface area contributed by atoms with Crippen LogP contribution in [0.1, 0.15) is 24.2 Å². The number of carbonyl (C=O) groups excluding carboxylic acids is 2. The summed E-state index contributed by atoms with van der Waals surface area (Å²) >= 11 is 0. The monoisotopic (exact) mass is 342 g/mol. The van der Waals surface area contributed by atoms with Gasteiger partial charge in [-0.05, 0) is 49.2 Å². The molecule has 6 nitrogen and oxygen atoms in total.